The highest BCUT2D eigenvalue weighted by molar-refractivity contribution is 6.02. The van der Waals surface area contributed by atoms with Gasteiger partial charge in [0.15, 0.2) is 5.76 Å². The maximum atomic E-state index is 12.1. The van der Waals surface area contributed by atoms with Crippen molar-refractivity contribution in [3.8, 4) is 0 Å². The highest BCUT2D eigenvalue weighted by Gasteiger charge is 2.12. The van der Waals surface area contributed by atoms with Gasteiger partial charge < -0.3 is 9.73 Å². The summed E-state index contributed by atoms with van der Waals surface area (Å²) in [4.78, 5) is 12.1. The Morgan fingerprint density at radius 2 is 1.78 bits per heavy atom. The summed E-state index contributed by atoms with van der Waals surface area (Å²) in [5, 5.41) is 4.69. The van der Waals surface area contributed by atoms with Crippen LogP contribution in [0, 0.1) is 0 Å². The molecule has 0 spiro atoms. The number of hydrogen-bond acceptors (Lipinski definition) is 2. The van der Waals surface area contributed by atoms with Crippen LogP contribution in [0.25, 0.3) is 0 Å². The van der Waals surface area contributed by atoms with Crippen LogP contribution in [0.15, 0.2) is 40.8 Å². The summed E-state index contributed by atoms with van der Waals surface area (Å²) in [5.41, 5.74) is 2.11. The molecule has 2 aromatic rings. The van der Waals surface area contributed by atoms with Gasteiger partial charge in [0, 0.05) is 11.8 Å². The van der Waals surface area contributed by atoms with Crippen LogP contribution < -0.4 is 10.6 Å². The van der Waals surface area contributed by atoms with Gasteiger partial charge in [0.2, 0.25) is 0 Å². The SMILES string of the molecule is CCCCCCCc1ccc(NC(=O)c2ccc([NH2+]C)o2)cc1. The van der Waals surface area contributed by atoms with Crippen LogP contribution in [0.1, 0.15) is 55.1 Å². The Balaban J connectivity index is 1.81. The molecule has 0 radical (unpaired) electrons. The van der Waals surface area contributed by atoms with E-state index in [1.165, 1.54) is 37.7 Å². The largest absolute Gasteiger partial charge is 0.407 e. The Kier molecular flexibility index (Phi) is 6.88. The molecule has 0 fully saturated rings. The van der Waals surface area contributed by atoms with E-state index in [9.17, 15) is 4.79 Å². The Labute approximate surface area is 138 Å². The number of carbonyl (C=O) groups excluding carboxylic acids is 1. The Hall–Kier alpha value is -2.07. The van der Waals surface area contributed by atoms with Gasteiger partial charge in [0.05, 0.1) is 7.05 Å². The normalized spacial score (nSPS) is 10.7. The van der Waals surface area contributed by atoms with Crippen molar-refractivity contribution in [2.45, 2.75) is 45.4 Å². The van der Waals surface area contributed by atoms with Crippen molar-refractivity contribution < 1.29 is 14.5 Å². The van der Waals surface area contributed by atoms with Crippen molar-refractivity contribution in [3.63, 3.8) is 0 Å². The molecule has 0 saturated carbocycles. The zero-order valence-electron chi connectivity index (χ0n) is 14.1. The number of rotatable bonds is 9. The smallest absolute Gasteiger partial charge is 0.293 e. The van der Waals surface area contributed by atoms with Crippen LogP contribution in [0.3, 0.4) is 0 Å². The molecule has 0 aliphatic heterocycles. The molecule has 0 atom stereocenters. The van der Waals surface area contributed by atoms with Crippen molar-refractivity contribution in [3.05, 3.63) is 47.7 Å². The lowest BCUT2D eigenvalue weighted by atomic mass is 10.1. The maximum absolute atomic E-state index is 12.1. The van der Waals surface area contributed by atoms with Gasteiger partial charge in [-0.2, -0.15) is 0 Å². The van der Waals surface area contributed by atoms with Crippen molar-refractivity contribution in [1.82, 2.24) is 0 Å². The molecule has 0 saturated heterocycles. The van der Waals surface area contributed by atoms with Gasteiger partial charge in [-0.25, -0.2) is 0 Å². The first-order valence-corrected chi connectivity index (χ1v) is 8.52. The molecule has 0 aliphatic rings. The second-order valence-electron chi connectivity index (χ2n) is 5.81. The molecule has 1 amide bonds. The van der Waals surface area contributed by atoms with E-state index in [-0.39, 0.29) is 5.91 Å². The average molecular weight is 315 g/mol. The summed E-state index contributed by atoms with van der Waals surface area (Å²) < 4.78 is 5.41. The third kappa shape index (κ3) is 5.57. The summed E-state index contributed by atoms with van der Waals surface area (Å²) in [6.45, 7) is 2.23. The zero-order chi connectivity index (χ0) is 16.5. The summed E-state index contributed by atoms with van der Waals surface area (Å²) in [7, 11) is 1.88. The summed E-state index contributed by atoms with van der Waals surface area (Å²) >= 11 is 0. The van der Waals surface area contributed by atoms with Crippen LogP contribution in [0.5, 0.6) is 0 Å². The first kappa shape index (κ1) is 17.3. The first-order valence-electron chi connectivity index (χ1n) is 8.52. The number of hydrogen-bond donors (Lipinski definition) is 2. The van der Waals surface area contributed by atoms with E-state index in [1.54, 1.807) is 12.1 Å². The molecule has 1 aromatic carbocycles. The quantitative estimate of drug-likeness (QED) is 0.690. The lowest BCUT2D eigenvalue weighted by Gasteiger charge is -2.05. The summed E-state index contributed by atoms with van der Waals surface area (Å²) in [5.74, 6) is 0.817. The minimum Gasteiger partial charge on any atom is -0.407 e. The fourth-order valence-electron chi connectivity index (χ4n) is 2.51. The number of nitrogens with two attached hydrogens (primary N) is 1. The molecule has 1 aromatic heterocycles. The predicted molar refractivity (Wildman–Crippen MR) is 93.1 cm³/mol. The molecule has 0 aliphatic carbocycles. The zero-order valence-corrected chi connectivity index (χ0v) is 14.1. The summed E-state index contributed by atoms with van der Waals surface area (Å²) in [6.07, 6.45) is 7.56. The van der Waals surface area contributed by atoms with E-state index in [0.29, 0.717) is 11.6 Å². The van der Waals surface area contributed by atoms with Crippen LogP contribution >= 0.6 is 0 Å². The highest BCUT2D eigenvalue weighted by atomic mass is 16.4. The number of furan rings is 1. The van der Waals surface area contributed by atoms with E-state index in [2.05, 4.69) is 24.4 Å². The van der Waals surface area contributed by atoms with Crippen LogP contribution in [-0.4, -0.2) is 13.0 Å². The molecule has 3 N–H and O–H groups in total. The molecular weight excluding hydrogens is 288 g/mol. The number of quaternary nitrogens is 1. The maximum Gasteiger partial charge on any atom is 0.293 e. The number of aryl methyl sites for hydroxylation is 1. The van der Waals surface area contributed by atoms with E-state index in [0.717, 1.165) is 12.1 Å². The van der Waals surface area contributed by atoms with Gasteiger partial charge in [-0.05, 0) is 36.6 Å². The van der Waals surface area contributed by atoms with Crippen LogP contribution in [0.4, 0.5) is 11.6 Å². The minimum absolute atomic E-state index is 0.217. The number of amides is 1. The lowest BCUT2D eigenvalue weighted by Crippen LogP contribution is -2.72. The molecule has 23 heavy (non-hydrogen) atoms. The molecular formula is C19H27N2O2+. The fourth-order valence-corrected chi connectivity index (χ4v) is 2.51. The van der Waals surface area contributed by atoms with E-state index < -0.39 is 0 Å². The van der Waals surface area contributed by atoms with Gasteiger partial charge in [0.1, 0.15) is 0 Å². The number of benzene rings is 1. The van der Waals surface area contributed by atoms with Crippen LogP contribution in [-0.2, 0) is 6.42 Å². The molecule has 4 heteroatoms. The van der Waals surface area contributed by atoms with Crippen molar-refractivity contribution >= 4 is 17.5 Å². The van der Waals surface area contributed by atoms with Crippen LogP contribution in [0.2, 0.25) is 0 Å². The van der Waals surface area contributed by atoms with Crippen molar-refractivity contribution in [2.24, 2.45) is 0 Å². The third-order valence-electron chi connectivity index (χ3n) is 3.92. The number of unbranched alkanes of at least 4 members (excludes halogenated alkanes) is 4. The second-order valence-corrected chi connectivity index (χ2v) is 5.81. The topological polar surface area (TPSA) is 58.9 Å². The van der Waals surface area contributed by atoms with Gasteiger partial charge in [-0.3, -0.25) is 10.1 Å². The lowest BCUT2D eigenvalue weighted by molar-refractivity contribution is -0.553. The Bertz CT molecular complexity index is 602. The predicted octanol–water partition coefficient (Wildman–Crippen LogP) is 3.87. The number of anilines is 1. The summed E-state index contributed by atoms with van der Waals surface area (Å²) in [6, 6.07) is 11.6. The van der Waals surface area contributed by atoms with E-state index in [1.807, 2.05) is 24.5 Å². The fraction of sp³-hybridized carbons (Fsp3) is 0.421. The van der Waals surface area contributed by atoms with Gasteiger partial charge >= 0.3 is 0 Å². The minimum atomic E-state index is -0.217. The van der Waals surface area contributed by atoms with Gasteiger partial charge in [0.25, 0.3) is 11.8 Å². The molecule has 2 rings (SSSR count). The third-order valence-corrected chi connectivity index (χ3v) is 3.92. The van der Waals surface area contributed by atoms with Gasteiger partial charge in [-0.15, -0.1) is 0 Å². The number of carbonyl (C=O) groups is 1. The first-order chi connectivity index (χ1) is 11.2. The molecule has 1 heterocycles. The van der Waals surface area contributed by atoms with Crippen molar-refractivity contribution in [1.29, 1.82) is 0 Å². The van der Waals surface area contributed by atoms with E-state index in [4.69, 9.17) is 4.42 Å². The second kappa shape index (κ2) is 9.16. The average Bonchev–Trinajstić information content (AvgIpc) is 3.05. The molecule has 0 unspecified atom stereocenters. The van der Waals surface area contributed by atoms with E-state index >= 15 is 0 Å². The molecule has 4 nitrogen and oxygen atoms in total. The highest BCUT2D eigenvalue weighted by Crippen LogP contribution is 2.15. The Morgan fingerprint density at radius 1 is 1.04 bits per heavy atom. The Morgan fingerprint density at radius 3 is 2.43 bits per heavy atom. The van der Waals surface area contributed by atoms with Crippen molar-refractivity contribution in [2.75, 3.05) is 12.4 Å². The van der Waals surface area contributed by atoms with Gasteiger partial charge in [-0.1, -0.05) is 44.7 Å². The monoisotopic (exact) mass is 315 g/mol. The molecule has 0 bridgehead atoms. The molecule has 124 valence electrons. The standard InChI is InChI=1S/C19H26N2O2/c1-3-4-5-6-7-8-15-9-11-16(12-10-15)21-19(22)17-13-14-18(20-2)23-17/h9-14,20H,3-8H2,1-2H3,(H,21,22)/p+1. The number of nitrogens with one attached hydrogen (secondary N) is 1.